The van der Waals surface area contributed by atoms with E-state index in [0.29, 0.717) is 41.8 Å². The minimum absolute atomic E-state index is 0.101. The summed E-state index contributed by atoms with van der Waals surface area (Å²) in [5, 5.41) is 10.4. The molecule has 2 heterocycles. The molecule has 6 nitrogen and oxygen atoms in total. The van der Waals surface area contributed by atoms with Gasteiger partial charge in [0.25, 0.3) is 0 Å². The topological polar surface area (TPSA) is 90.4 Å². The molecule has 1 amide bonds. The number of rotatable bonds is 3. The van der Waals surface area contributed by atoms with E-state index >= 15 is 0 Å². The molecule has 0 saturated heterocycles. The van der Waals surface area contributed by atoms with Gasteiger partial charge in [-0.25, -0.2) is 0 Å². The van der Waals surface area contributed by atoms with Crippen LogP contribution in [0.3, 0.4) is 0 Å². The van der Waals surface area contributed by atoms with E-state index in [1.807, 2.05) is 60.4 Å². The first-order valence-corrected chi connectivity index (χ1v) is 11.0. The number of hydrogen-bond acceptors (Lipinski definition) is 5. The third-order valence-electron chi connectivity index (χ3n) is 6.85. The summed E-state index contributed by atoms with van der Waals surface area (Å²) in [5.41, 5.74) is 9.46. The van der Waals surface area contributed by atoms with Crippen LogP contribution in [0.1, 0.15) is 30.4 Å². The molecule has 0 radical (unpaired) electrons. The molecule has 164 valence electrons. The number of aryl methyl sites for hydroxylation is 1. The fraction of sp³-hybridized carbons (Fsp3) is 0.222. The predicted octanol–water partition coefficient (Wildman–Crippen LogP) is 3.99. The largest absolute Gasteiger partial charge is 0.384 e. The zero-order valence-electron chi connectivity index (χ0n) is 18.5. The highest BCUT2D eigenvalue weighted by Gasteiger charge is 2.62. The van der Waals surface area contributed by atoms with Crippen molar-refractivity contribution in [1.29, 1.82) is 5.26 Å². The summed E-state index contributed by atoms with van der Waals surface area (Å²) in [4.78, 5) is 31.2. The maximum Gasteiger partial charge on any atom is 0.248 e. The van der Waals surface area contributed by atoms with Gasteiger partial charge in [-0.05, 0) is 37.5 Å². The van der Waals surface area contributed by atoms with Crippen LogP contribution in [0.5, 0.6) is 0 Å². The monoisotopic (exact) mass is 436 g/mol. The Morgan fingerprint density at radius 2 is 1.82 bits per heavy atom. The Morgan fingerprint density at radius 1 is 1.12 bits per heavy atom. The average Bonchev–Trinajstić information content (AvgIpc) is 3.05. The Bertz CT molecular complexity index is 1330. The summed E-state index contributed by atoms with van der Waals surface area (Å²) in [6.45, 7) is 6.03. The van der Waals surface area contributed by atoms with Crippen molar-refractivity contribution in [2.75, 3.05) is 16.3 Å². The fourth-order valence-electron chi connectivity index (χ4n) is 5.53. The van der Waals surface area contributed by atoms with E-state index in [9.17, 15) is 14.9 Å². The van der Waals surface area contributed by atoms with Crippen LogP contribution in [0, 0.1) is 18.3 Å². The Labute approximate surface area is 192 Å². The van der Waals surface area contributed by atoms with Crippen LogP contribution in [0.4, 0.5) is 11.4 Å². The first kappa shape index (κ1) is 20.8. The van der Waals surface area contributed by atoms with Crippen molar-refractivity contribution < 1.29 is 9.59 Å². The third-order valence-corrected chi connectivity index (χ3v) is 6.85. The van der Waals surface area contributed by atoms with Crippen molar-refractivity contribution in [2.45, 2.75) is 31.6 Å². The highest BCUT2D eigenvalue weighted by molar-refractivity contribution is 6.20. The number of nitrogens with zero attached hydrogens (tertiary/aromatic N) is 3. The van der Waals surface area contributed by atoms with Crippen LogP contribution in [0.2, 0.25) is 0 Å². The van der Waals surface area contributed by atoms with Crippen LogP contribution in [-0.4, -0.2) is 18.2 Å². The number of anilines is 2. The lowest BCUT2D eigenvalue weighted by Gasteiger charge is -2.44. The van der Waals surface area contributed by atoms with Crippen molar-refractivity contribution in [3.63, 3.8) is 0 Å². The van der Waals surface area contributed by atoms with E-state index in [1.54, 1.807) is 11.0 Å². The minimum atomic E-state index is -1.54. The molecule has 0 saturated carbocycles. The molecule has 2 N–H and O–H groups in total. The summed E-state index contributed by atoms with van der Waals surface area (Å²) < 4.78 is 0. The van der Waals surface area contributed by atoms with Crippen molar-refractivity contribution in [3.8, 4) is 6.07 Å². The van der Waals surface area contributed by atoms with Crippen LogP contribution in [0.15, 0.2) is 83.9 Å². The lowest BCUT2D eigenvalue weighted by Crippen LogP contribution is -2.52. The van der Waals surface area contributed by atoms with Crippen LogP contribution < -0.4 is 15.5 Å². The number of para-hydroxylation sites is 2. The molecular formula is C27H24N4O2. The second-order valence-corrected chi connectivity index (χ2v) is 8.56. The second-order valence-electron chi connectivity index (χ2n) is 8.56. The van der Waals surface area contributed by atoms with Gasteiger partial charge >= 0.3 is 0 Å². The molecule has 6 heteroatoms. The van der Waals surface area contributed by atoms with Gasteiger partial charge in [-0.2, -0.15) is 5.26 Å². The smallest absolute Gasteiger partial charge is 0.248 e. The number of carbonyl (C=O) groups excluding carboxylic acids is 2. The summed E-state index contributed by atoms with van der Waals surface area (Å²) >= 11 is 0. The van der Waals surface area contributed by atoms with E-state index in [0.717, 1.165) is 11.3 Å². The van der Waals surface area contributed by atoms with Gasteiger partial charge < -0.3 is 10.6 Å². The number of amides is 1. The Kier molecular flexibility index (Phi) is 4.71. The molecular weight excluding hydrogens is 412 g/mol. The van der Waals surface area contributed by atoms with E-state index in [2.05, 4.69) is 12.6 Å². The van der Waals surface area contributed by atoms with Gasteiger partial charge in [-0.15, -0.1) is 6.58 Å². The minimum Gasteiger partial charge on any atom is -0.384 e. The number of nitrogens with two attached hydrogens (primary N) is 1. The van der Waals surface area contributed by atoms with E-state index < -0.39 is 5.41 Å². The molecule has 3 aliphatic rings. The van der Waals surface area contributed by atoms with Gasteiger partial charge in [-0.1, -0.05) is 42.5 Å². The molecule has 0 fully saturated rings. The maximum atomic E-state index is 14.2. The average molecular weight is 437 g/mol. The predicted molar refractivity (Wildman–Crippen MR) is 127 cm³/mol. The lowest BCUT2D eigenvalue weighted by molar-refractivity contribution is -0.124. The molecule has 5 rings (SSSR count). The quantitative estimate of drug-likeness (QED) is 0.735. The first-order chi connectivity index (χ1) is 16.0. The van der Waals surface area contributed by atoms with Crippen molar-refractivity contribution in [1.82, 2.24) is 0 Å². The number of ketones is 1. The van der Waals surface area contributed by atoms with Gasteiger partial charge in [0.05, 0.1) is 11.3 Å². The van der Waals surface area contributed by atoms with E-state index in [-0.39, 0.29) is 29.6 Å². The molecule has 1 spiro atoms. The number of carbonyl (C=O) groups is 2. The number of allylic oxidation sites excluding steroid dienone is 1. The summed E-state index contributed by atoms with van der Waals surface area (Å²) in [6.07, 6.45) is 3.23. The SMILES string of the molecule is C=CCN1C(=O)[C@@]2(C(C#N)=C(N)N(c3ccccc3C)C3=C2C(=O)CCC3)c2ccccc21. The zero-order chi connectivity index (χ0) is 23.3. The van der Waals surface area contributed by atoms with Crippen LogP contribution in [-0.2, 0) is 15.0 Å². The molecule has 33 heavy (non-hydrogen) atoms. The van der Waals surface area contributed by atoms with Gasteiger partial charge in [0.2, 0.25) is 5.91 Å². The van der Waals surface area contributed by atoms with Crippen molar-refractivity contribution in [2.24, 2.45) is 5.73 Å². The number of Topliss-reactive ketones (excluding diaryl/α,β-unsaturated/α-hetero) is 1. The molecule has 2 aromatic carbocycles. The normalized spacial score (nSPS) is 21.9. The van der Waals surface area contributed by atoms with E-state index in [4.69, 9.17) is 5.73 Å². The summed E-state index contributed by atoms with van der Waals surface area (Å²) in [5.74, 6) is -0.238. The Balaban J connectivity index is 1.90. The van der Waals surface area contributed by atoms with Gasteiger partial charge in [0.1, 0.15) is 17.3 Å². The van der Waals surface area contributed by atoms with Gasteiger partial charge in [-0.3, -0.25) is 14.5 Å². The van der Waals surface area contributed by atoms with Gasteiger partial charge in [0.15, 0.2) is 5.78 Å². The van der Waals surface area contributed by atoms with E-state index in [1.165, 1.54) is 0 Å². The second kappa shape index (κ2) is 7.49. The Morgan fingerprint density at radius 3 is 2.52 bits per heavy atom. The molecule has 0 unspecified atom stereocenters. The Hall–Kier alpha value is -4.11. The molecule has 1 atom stereocenters. The molecule has 1 aliphatic carbocycles. The first-order valence-electron chi connectivity index (χ1n) is 11.0. The van der Waals surface area contributed by atoms with Gasteiger partial charge in [0, 0.05) is 35.5 Å². The highest BCUT2D eigenvalue weighted by Crippen LogP contribution is 2.56. The molecule has 2 aliphatic heterocycles. The lowest BCUT2D eigenvalue weighted by atomic mass is 9.63. The number of hydrogen-bond donors (Lipinski definition) is 1. The number of benzene rings is 2. The maximum absolute atomic E-state index is 14.2. The van der Waals surface area contributed by atoms with Crippen LogP contribution >= 0.6 is 0 Å². The highest BCUT2D eigenvalue weighted by atomic mass is 16.2. The fourth-order valence-corrected chi connectivity index (χ4v) is 5.53. The van der Waals surface area contributed by atoms with Crippen molar-refractivity contribution >= 4 is 23.1 Å². The molecule has 0 bridgehead atoms. The zero-order valence-corrected chi connectivity index (χ0v) is 18.5. The van der Waals surface area contributed by atoms with Crippen molar-refractivity contribution in [3.05, 3.63) is 95.0 Å². The third kappa shape index (κ3) is 2.59. The summed E-state index contributed by atoms with van der Waals surface area (Å²) in [6, 6.07) is 17.3. The number of nitriles is 1. The molecule has 2 aromatic rings. The van der Waals surface area contributed by atoms with Crippen LogP contribution in [0.25, 0.3) is 0 Å². The summed E-state index contributed by atoms with van der Waals surface area (Å²) in [7, 11) is 0. The standard InChI is InChI=1S/C27H24N4O2/c1-3-15-30-21-12-7-5-10-18(21)27(26(30)33)19(16-28)25(29)31(20-11-6-4-9-17(20)2)22-13-8-14-23(32)24(22)27/h3-7,9-12H,1,8,13-15,29H2,2H3/t27-/m1/s1. The number of fused-ring (bicyclic) bond motifs is 3. The molecule has 0 aromatic heterocycles.